The molecule has 146 valence electrons. The molecule has 0 saturated carbocycles. The maximum absolute atomic E-state index is 11.5. The second-order valence-corrected chi connectivity index (χ2v) is 6.74. The van der Waals surface area contributed by atoms with E-state index in [2.05, 4.69) is 20.5 Å². The van der Waals surface area contributed by atoms with Gasteiger partial charge in [-0.1, -0.05) is 11.2 Å². The zero-order valence-corrected chi connectivity index (χ0v) is 15.6. The van der Waals surface area contributed by atoms with Crippen molar-refractivity contribution in [1.82, 2.24) is 9.97 Å². The molecule has 0 spiro atoms. The summed E-state index contributed by atoms with van der Waals surface area (Å²) in [6.07, 6.45) is 6.62. The molecule has 3 rings (SSSR count). The number of anilines is 1. The number of nitrogens with zero attached hydrogens (tertiary/aromatic N) is 3. The molecular formula is C20H24N6O2. The first-order valence-electron chi connectivity index (χ1n) is 9.37. The Kier molecular flexibility index (Phi) is 6.44. The van der Waals surface area contributed by atoms with Crippen LogP contribution in [-0.4, -0.2) is 35.0 Å². The van der Waals surface area contributed by atoms with Crippen molar-refractivity contribution in [2.24, 2.45) is 16.6 Å². The SMILES string of the molecule is NCCCCC(CCNc1nc2cc(C(N)=O)ccc2c2cnccc12)N=O. The minimum absolute atomic E-state index is 0.242. The Balaban J connectivity index is 1.84. The topological polar surface area (TPSA) is 136 Å². The molecule has 0 bridgehead atoms. The number of carbonyl (C=O) groups excluding carboxylic acids is 1. The van der Waals surface area contributed by atoms with Crippen LogP contribution in [0.15, 0.2) is 41.8 Å². The number of hydrogen-bond acceptors (Lipinski definition) is 7. The lowest BCUT2D eigenvalue weighted by Crippen LogP contribution is -2.13. The van der Waals surface area contributed by atoms with Gasteiger partial charge in [0.1, 0.15) is 5.82 Å². The van der Waals surface area contributed by atoms with E-state index in [4.69, 9.17) is 11.5 Å². The zero-order chi connectivity index (χ0) is 19.9. The molecule has 0 aliphatic carbocycles. The standard InChI is InChI=1S/C20H24N6O2/c21-8-2-1-3-14(26-28)6-10-24-20-16-7-9-23-12-17(16)15-5-4-13(19(22)27)11-18(15)25-20/h4-5,7,9,11-12,14H,1-3,6,8,10,21H2,(H2,22,27)(H,24,25). The van der Waals surface area contributed by atoms with E-state index in [-0.39, 0.29) is 6.04 Å². The van der Waals surface area contributed by atoms with Gasteiger partial charge in [0, 0.05) is 40.7 Å². The van der Waals surface area contributed by atoms with E-state index >= 15 is 0 Å². The van der Waals surface area contributed by atoms with E-state index in [1.54, 1.807) is 24.5 Å². The highest BCUT2D eigenvalue weighted by molar-refractivity contribution is 6.11. The second-order valence-electron chi connectivity index (χ2n) is 6.74. The van der Waals surface area contributed by atoms with E-state index in [0.29, 0.717) is 36.4 Å². The van der Waals surface area contributed by atoms with Gasteiger partial charge < -0.3 is 16.8 Å². The van der Waals surface area contributed by atoms with Crippen LogP contribution in [0, 0.1) is 4.91 Å². The van der Waals surface area contributed by atoms with Gasteiger partial charge in [0.15, 0.2) is 0 Å². The fourth-order valence-corrected chi connectivity index (χ4v) is 3.27. The molecule has 3 aromatic rings. The summed E-state index contributed by atoms with van der Waals surface area (Å²) in [5.41, 5.74) is 11.9. The number of carbonyl (C=O) groups is 1. The Bertz CT molecular complexity index is 991. The molecule has 5 N–H and O–H groups in total. The monoisotopic (exact) mass is 380 g/mol. The largest absolute Gasteiger partial charge is 0.369 e. The minimum atomic E-state index is -0.498. The van der Waals surface area contributed by atoms with E-state index < -0.39 is 5.91 Å². The summed E-state index contributed by atoms with van der Waals surface area (Å²) in [4.78, 5) is 31.4. The molecule has 1 amide bonds. The Hall–Kier alpha value is -3.13. The van der Waals surface area contributed by atoms with Crippen LogP contribution in [0.25, 0.3) is 21.7 Å². The fraction of sp³-hybridized carbons (Fsp3) is 0.350. The highest BCUT2D eigenvalue weighted by Crippen LogP contribution is 2.29. The van der Waals surface area contributed by atoms with Crippen molar-refractivity contribution in [1.29, 1.82) is 0 Å². The van der Waals surface area contributed by atoms with Crippen LogP contribution in [0.2, 0.25) is 0 Å². The third-order valence-corrected chi connectivity index (χ3v) is 4.79. The summed E-state index contributed by atoms with van der Waals surface area (Å²) in [6.45, 7) is 1.18. The van der Waals surface area contributed by atoms with Crippen molar-refractivity contribution in [2.75, 3.05) is 18.4 Å². The normalized spacial score (nSPS) is 12.2. The lowest BCUT2D eigenvalue weighted by molar-refractivity contribution is 0.100. The lowest BCUT2D eigenvalue weighted by Gasteiger charge is -2.13. The predicted octanol–water partition coefficient (Wildman–Crippen LogP) is 2.95. The molecule has 8 nitrogen and oxygen atoms in total. The van der Waals surface area contributed by atoms with Gasteiger partial charge in [-0.15, -0.1) is 0 Å². The number of nitrogens with two attached hydrogens (primary N) is 2. The molecular weight excluding hydrogens is 356 g/mol. The number of fused-ring (bicyclic) bond motifs is 3. The summed E-state index contributed by atoms with van der Waals surface area (Å²) in [6, 6.07) is 6.85. The molecule has 1 atom stereocenters. The molecule has 0 saturated heterocycles. The maximum Gasteiger partial charge on any atom is 0.248 e. The predicted molar refractivity (Wildman–Crippen MR) is 111 cm³/mol. The van der Waals surface area contributed by atoms with Crippen LogP contribution < -0.4 is 16.8 Å². The highest BCUT2D eigenvalue weighted by atomic mass is 16.3. The van der Waals surface area contributed by atoms with Crippen LogP contribution >= 0.6 is 0 Å². The van der Waals surface area contributed by atoms with E-state index in [9.17, 15) is 9.70 Å². The molecule has 28 heavy (non-hydrogen) atoms. The van der Waals surface area contributed by atoms with E-state index in [0.717, 1.165) is 35.4 Å². The number of hydrogen-bond donors (Lipinski definition) is 3. The molecule has 8 heteroatoms. The van der Waals surface area contributed by atoms with Crippen LogP contribution in [0.1, 0.15) is 36.0 Å². The number of amides is 1. The summed E-state index contributed by atoms with van der Waals surface area (Å²) < 4.78 is 0. The number of primary amides is 1. The van der Waals surface area contributed by atoms with Crippen molar-refractivity contribution in [3.05, 3.63) is 47.1 Å². The van der Waals surface area contributed by atoms with Gasteiger partial charge >= 0.3 is 0 Å². The molecule has 0 radical (unpaired) electrons. The average Bonchev–Trinajstić information content (AvgIpc) is 2.72. The summed E-state index contributed by atoms with van der Waals surface area (Å²) in [7, 11) is 0. The molecule has 0 aliphatic rings. The number of pyridine rings is 2. The first kappa shape index (κ1) is 19.6. The molecule has 0 fully saturated rings. The molecule has 0 aliphatic heterocycles. The first-order valence-corrected chi connectivity index (χ1v) is 9.37. The Morgan fingerprint density at radius 2 is 2.00 bits per heavy atom. The summed E-state index contributed by atoms with van der Waals surface area (Å²) >= 11 is 0. The zero-order valence-electron chi connectivity index (χ0n) is 15.6. The van der Waals surface area contributed by atoms with Gasteiger partial charge in [0.2, 0.25) is 5.91 Å². The first-order chi connectivity index (χ1) is 13.6. The van der Waals surface area contributed by atoms with Gasteiger partial charge in [-0.05, 0) is 50.4 Å². The summed E-state index contributed by atoms with van der Waals surface area (Å²) in [5.74, 6) is 0.181. The Labute approximate surface area is 162 Å². The lowest BCUT2D eigenvalue weighted by atomic mass is 10.0. The number of unbranched alkanes of at least 4 members (excludes halogenated alkanes) is 1. The van der Waals surface area contributed by atoms with Crippen molar-refractivity contribution in [2.45, 2.75) is 31.7 Å². The molecule has 2 aromatic heterocycles. The maximum atomic E-state index is 11.5. The third-order valence-electron chi connectivity index (χ3n) is 4.79. The Morgan fingerprint density at radius 3 is 2.75 bits per heavy atom. The molecule has 1 aromatic carbocycles. The van der Waals surface area contributed by atoms with Gasteiger partial charge in [-0.3, -0.25) is 9.78 Å². The van der Waals surface area contributed by atoms with Crippen LogP contribution in [-0.2, 0) is 0 Å². The number of aromatic nitrogens is 2. The average molecular weight is 380 g/mol. The van der Waals surface area contributed by atoms with Gasteiger partial charge in [0.25, 0.3) is 0 Å². The molecule has 2 heterocycles. The van der Waals surface area contributed by atoms with Crippen LogP contribution in [0.4, 0.5) is 5.82 Å². The van der Waals surface area contributed by atoms with E-state index in [1.807, 2.05) is 12.1 Å². The summed E-state index contributed by atoms with van der Waals surface area (Å²) in [5, 5.41) is 9.28. The quantitative estimate of drug-likeness (QED) is 0.281. The smallest absolute Gasteiger partial charge is 0.248 e. The minimum Gasteiger partial charge on any atom is -0.369 e. The van der Waals surface area contributed by atoms with E-state index in [1.165, 1.54) is 0 Å². The van der Waals surface area contributed by atoms with Crippen molar-refractivity contribution < 1.29 is 4.79 Å². The number of rotatable bonds is 10. The van der Waals surface area contributed by atoms with Crippen molar-refractivity contribution in [3.63, 3.8) is 0 Å². The highest BCUT2D eigenvalue weighted by Gasteiger charge is 2.12. The number of nitrogens with one attached hydrogen (secondary N) is 1. The van der Waals surface area contributed by atoms with Crippen LogP contribution in [0.3, 0.4) is 0 Å². The van der Waals surface area contributed by atoms with Gasteiger partial charge in [-0.25, -0.2) is 4.98 Å². The fourth-order valence-electron chi connectivity index (χ4n) is 3.27. The van der Waals surface area contributed by atoms with Gasteiger partial charge in [-0.2, -0.15) is 4.91 Å². The van der Waals surface area contributed by atoms with Crippen LogP contribution in [0.5, 0.6) is 0 Å². The van der Waals surface area contributed by atoms with Crippen molar-refractivity contribution in [3.8, 4) is 0 Å². The van der Waals surface area contributed by atoms with Crippen molar-refractivity contribution >= 4 is 33.4 Å². The molecule has 1 unspecified atom stereocenters. The Morgan fingerprint density at radius 1 is 1.14 bits per heavy atom. The third kappa shape index (κ3) is 4.40. The van der Waals surface area contributed by atoms with Gasteiger partial charge in [0.05, 0.1) is 11.6 Å². The number of nitroso groups, excluding NO2 is 1. The second kappa shape index (κ2) is 9.18. The number of benzene rings is 1.